The Kier molecular flexibility index (Phi) is 5.55. The molecule has 1 atom stereocenters. The molecule has 0 heterocycles. The molecule has 1 amide bonds. The van der Waals surface area contributed by atoms with Gasteiger partial charge in [0, 0.05) is 5.56 Å². The van der Waals surface area contributed by atoms with Gasteiger partial charge in [-0.15, -0.1) is 0 Å². The maximum atomic E-state index is 12.1. The van der Waals surface area contributed by atoms with Crippen LogP contribution in [0.15, 0.2) is 24.3 Å². The van der Waals surface area contributed by atoms with Gasteiger partial charge in [-0.3, -0.25) is 4.79 Å². The molecule has 1 aromatic rings. The Morgan fingerprint density at radius 1 is 1.20 bits per heavy atom. The molecule has 1 aromatic carbocycles. The molecule has 0 radical (unpaired) electrons. The van der Waals surface area contributed by atoms with E-state index in [0.717, 1.165) is 0 Å². The van der Waals surface area contributed by atoms with E-state index >= 15 is 0 Å². The van der Waals surface area contributed by atoms with Crippen molar-refractivity contribution >= 4 is 11.9 Å². The summed E-state index contributed by atoms with van der Waals surface area (Å²) in [5.74, 6) is -0.0719. The minimum Gasteiger partial charge on any atom is -0.494 e. The molecule has 0 fully saturated rings. The summed E-state index contributed by atoms with van der Waals surface area (Å²) < 4.78 is 10.0. The van der Waals surface area contributed by atoms with Crippen LogP contribution in [-0.2, 0) is 9.53 Å². The molecule has 1 N–H and O–H groups in total. The Morgan fingerprint density at radius 3 is 2.25 bits per heavy atom. The molecule has 0 aliphatic carbocycles. The second kappa shape index (κ2) is 6.93. The first-order valence-electron chi connectivity index (χ1n) is 6.60. The second-order valence-corrected chi connectivity index (χ2v) is 4.59. The molecule has 0 spiro atoms. The van der Waals surface area contributed by atoms with Gasteiger partial charge in [-0.25, -0.2) is 4.79 Å². The van der Waals surface area contributed by atoms with Crippen molar-refractivity contribution in [3.63, 3.8) is 0 Å². The molecule has 20 heavy (non-hydrogen) atoms. The smallest absolute Gasteiger partial charge is 0.331 e. The number of ether oxygens (including phenoxy) is 2. The molecule has 0 bridgehead atoms. The average Bonchev–Trinajstić information content (AvgIpc) is 2.47. The fraction of sp³-hybridized carbons (Fsp3) is 0.467. The third-order valence-electron chi connectivity index (χ3n) is 3.16. The van der Waals surface area contributed by atoms with E-state index in [1.54, 1.807) is 31.2 Å². The van der Waals surface area contributed by atoms with Gasteiger partial charge in [-0.1, -0.05) is 6.92 Å². The summed E-state index contributed by atoms with van der Waals surface area (Å²) in [6.07, 6.45) is 0.447. The standard InChI is InChI=1S/C15H21NO4/c1-5-15(3,14(18)19-4)16-13(17)11-7-9-12(10-8-11)20-6-2/h7-10H,5-6H2,1-4H3,(H,16,17)/t15-/m1/s1. The number of carbonyl (C=O) groups excluding carboxylic acids is 2. The zero-order valence-corrected chi connectivity index (χ0v) is 12.4. The van der Waals surface area contributed by atoms with Crippen molar-refractivity contribution in [3.8, 4) is 5.75 Å². The zero-order chi connectivity index (χ0) is 15.2. The van der Waals surface area contributed by atoms with Crippen LogP contribution in [0.3, 0.4) is 0 Å². The number of methoxy groups -OCH3 is 1. The topological polar surface area (TPSA) is 64.6 Å². The van der Waals surface area contributed by atoms with Crippen LogP contribution in [-0.4, -0.2) is 31.1 Å². The first kappa shape index (κ1) is 16.0. The van der Waals surface area contributed by atoms with Gasteiger partial charge >= 0.3 is 5.97 Å². The molecule has 0 saturated carbocycles. The van der Waals surface area contributed by atoms with Crippen molar-refractivity contribution in [2.45, 2.75) is 32.7 Å². The highest BCUT2D eigenvalue weighted by Crippen LogP contribution is 2.15. The average molecular weight is 279 g/mol. The minimum absolute atomic E-state index is 0.317. The van der Waals surface area contributed by atoms with Gasteiger partial charge in [0.1, 0.15) is 11.3 Å². The number of amides is 1. The first-order valence-corrected chi connectivity index (χ1v) is 6.60. The van der Waals surface area contributed by atoms with Crippen LogP contribution < -0.4 is 10.1 Å². The van der Waals surface area contributed by atoms with E-state index in [1.165, 1.54) is 7.11 Å². The summed E-state index contributed by atoms with van der Waals surface area (Å²) in [4.78, 5) is 23.9. The summed E-state index contributed by atoms with van der Waals surface area (Å²) in [5, 5.41) is 2.71. The SMILES string of the molecule is CCOc1ccc(C(=O)N[C@](C)(CC)C(=O)OC)cc1. The molecule has 5 nitrogen and oxygen atoms in total. The van der Waals surface area contributed by atoms with Gasteiger partial charge in [0.15, 0.2) is 0 Å². The third-order valence-corrected chi connectivity index (χ3v) is 3.16. The summed E-state index contributed by atoms with van der Waals surface area (Å²) in [6, 6.07) is 6.76. The van der Waals surface area contributed by atoms with Crippen LogP contribution in [0.4, 0.5) is 0 Å². The van der Waals surface area contributed by atoms with E-state index in [4.69, 9.17) is 9.47 Å². The Bertz CT molecular complexity index is 469. The van der Waals surface area contributed by atoms with Crippen molar-refractivity contribution in [1.82, 2.24) is 5.32 Å². The van der Waals surface area contributed by atoms with Crippen LogP contribution in [0, 0.1) is 0 Å². The highest BCUT2D eigenvalue weighted by molar-refractivity contribution is 5.98. The highest BCUT2D eigenvalue weighted by atomic mass is 16.5. The molecule has 0 saturated heterocycles. The van der Waals surface area contributed by atoms with E-state index < -0.39 is 11.5 Å². The van der Waals surface area contributed by atoms with Crippen molar-refractivity contribution < 1.29 is 19.1 Å². The summed E-state index contributed by atoms with van der Waals surface area (Å²) in [6.45, 7) is 5.92. The Labute approximate surface area is 119 Å². The monoisotopic (exact) mass is 279 g/mol. The molecule has 110 valence electrons. The fourth-order valence-corrected chi connectivity index (χ4v) is 1.70. The second-order valence-electron chi connectivity index (χ2n) is 4.59. The maximum absolute atomic E-state index is 12.1. The molecule has 0 unspecified atom stereocenters. The van der Waals surface area contributed by atoms with Crippen molar-refractivity contribution in [3.05, 3.63) is 29.8 Å². The number of rotatable bonds is 6. The van der Waals surface area contributed by atoms with E-state index in [1.807, 2.05) is 13.8 Å². The van der Waals surface area contributed by atoms with E-state index in [-0.39, 0.29) is 5.91 Å². The molecular formula is C15H21NO4. The highest BCUT2D eigenvalue weighted by Gasteiger charge is 2.34. The molecule has 0 aromatic heterocycles. The van der Waals surface area contributed by atoms with Crippen LogP contribution in [0.1, 0.15) is 37.6 Å². The van der Waals surface area contributed by atoms with Gasteiger partial charge in [0.2, 0.25) is 0 Å². The summed E-state index contributed by atoms with van der Waals surface area (Å²) in [5.41, 5.74) is -0.554. The lowest BCUT2D eigenvalue weighted by atomic mass is 9.98. The number of carbonyl (C=O) groups is 2. The van der Waals surface area contributed by atoms with Crippen molar-refractivity contribution in [1.29, 1.82) is 0 Å². The minimum atomic E-state index is -1.02. The Balaban J connectivity index is 2.82. The lowest BCUT2D eigenvalue weighted by molar-refractivity contribution is -0.147. The van der Waals surface area contributed by atoms with E-state index in [0.29, 0.717) is 24.3 Å². The lowest BCUT2D eigenvalue weighted by Crippen LogP contribution is -2.52. The maximum Gasteiger partial charge on any atom is 0.331 e. The van der Waals surface area contributed by atoms with E-state index in [2.05, 4.69) is 5.32 Å². The third kappa shape index (κ3) is 3.73. The number of nitrogens with one attached hydrogen (secondary N) is 1. The zero-order valence-electron chi connectivity index (χ0n) is 12.4. The molecular weight excluding hydrogens is 258 g/mol. The molecule has 5 heteroatoms. The predicted octanol–water partition coefficient (Wildman–Crippen LogP) is 2.16. The van der Waals surface area contributed by atoms with Crippen LogP contribution in [0.25, 0.3) is 0 Å². The number of hydrogen-bond donors (Lipinski definition) is 1. The quantitative estimate of drug-likeness (QED) is 0.810. The molecule has 0 aliphatic rings. The summed E-state index contributed by atoms with van der Waals surface area (Å²) >= 11 is 0. The predicted molar refractivity (Wildman–Crippen MR) is 75.8 cm³/mol. The largest absolute Gasteiger partial charge is 0.494 e. The van der Waals surface area contributed by atoms with Gasteiger partial charge < -0.3 is 14.8 Å². The van der Waals surface area contributed by atoms with Crippen LogP contribution >= 0.6 is 0 Å². The van der Waals surface area contributed by atoms with Crippen LogP contribution in [0.2, 0.25) is 0 Å². The normalized spacial score (nSPS) is 13.2. The van der Waals surface area contributed by atoms with E-state index in [9.17, 15) is 9.59 Å². The number of hydrogen-bond acceptors (Lipinski definition) is 4. The van der Waals surface area contributed by atoms with Gasteiger partial charge in [0.05, 0.1) is 13.7 Å². The molecule has 1 rings (SSSR count). The molecule has 0 aliphatic heterocycles. The van der Waals surface area contributed by atoms with Gasteiger partial charge in [-0.05, 0) is 44.5 Å². The Hall–Kier alpha value is -2.04. The number of esters is 1. The summed E-state index contributed by atoms with van der Waals surface area (Å²) in [7, 11) is 1.30. The lowest BCUT2D eigenvalue weighted by Gasteiger charge is -2.26. The Morgan fingerprint density at radius 2 is 1.80 bits per heavy atom. The van der Waals surface area contributed by atoms with Crippen molar-refractivity contribution in [2.75, 3.05) is 13.7 Å². The first-order chi connectivity index (χ1) is 9.46. The van der Waals surface area contributed by atoms with Crippen LogP contribution in [0.5, 0.6) is 5.75 Å². The fourth-order valence-electron chi connectivity index (χ4n) is 1.70. The van der Waals surface area contributed by atoms with Crippen molar-refractivity contribution in [2.24, 2.45) is 0 Å². The number of benzene rings is 1. The van der Waals surface area contributed by atoms with Gasteiger partial charge in [0.25, 0.3) is 5.91 Å². The van der Waals surface area contributed by atoms with Gasteiger partial charge in [-0.2, -0.15) is 0 Å².